The fraction of sp³-hybridized carbons (Fsp3) is 0.0870. The minimum Gasteiger partial charge on any atom is -0.322 e. The van der Waals surface area contributed by atoms with E-state index in [1.165, 1.54) is 0 Å². The van der Waals surface area contributed by atoms with E-state index in [2.05, 4.69) is 15.8 Å². The van der Waals surface area contributed by atoms with E-state index in [-0.39, 0.29) is 11.8 Å². The van der Waals surface area contributed by atoms with Crippen molar-refractivity contribution in [3.05, 3.63) is 100 Å². The Labute approximate surface area is 174 Å². The maximum absolute atomic E-state index is 12.3. The number of nitrogens with one attached hydrogen (secondary N) is 2. The highest BCUT2D eigenvalue weighted by atomic mass is 35.5. The molecular weight excluding hydrogens is 386 g/mol. The smallest absolute Gasteiger partial charge is 0.271 e. The van der Waals surface area contributed by atoms with Crippen LogP contribution in [0.5, 0.6) is 0 Å². The highest BCUT2D eigenvalue weighted by molar-refractivity contribution is 6.30. The van der Waals surface area contributed by atoms with E-state index in [4.69, 9.17) is 11.6 Å². The van der Waals surface area contributed by atoms with Crippen molar-refractivity contribution < 1.29 is 9.59 Å². The lowest BCUT2D eigenvalue weighted by atomic mass is 10.1. The largest absolute Gasteiger partial charge is 0.322 e. The minimum atomic E-state index is -0.338. The lowest BCUT2D eigenvalue weighted by Crippen LogP contribution is -2.19. The molecule has 2 N–H and O–H groups in total. The van der Waals surface area contributed by atoms with Crippen LogP contribution < -0.4 is 10.7 Å². The Morgan fingerprint density at radius 1 is 0.828 bits per heavy atom. The summed E-state index contributed by atoms with van der Waals surface area (Å²) in [6.45, 7) is 3.73. The van der Waals surface area contributed by atoms with Crippen molar-refractivity contribution in [3.63, 3.8) is 0 Å². The predicted octanol–water partition coefficient (Wildman–Crippen LogP) is 5.05. The van der Waals surface area contributed by atoms with Crippen LogP contribution in [0.25, 0.3) is 0 Å². The molecule has 0 aliphatic carbocycles. The van der Waals surface area contributed by atoms with Gasteiger partial charge in [0.25, 0.3) is 11.8 Å². The first-order valence-corrected chi connectivity index (χ1v) is 9.39. The zero-order chi connectivity index (χ0) is 20.8. The molecule has 0 atom stereocenters. The summed E-state index contributed by atoms with van der Waals surface area (Å²) in [5.41, 5.74) is 6.70. The van der Waals surface area contributed by atoms with Crippen LogP contribution in [0, 0.1) is 6.92 Å². The molecule has 2 amide bonds. The molecule has 6 heteroatoms. The molecule has 0 radical (unpaired) electrons. The molecule has 0 spiro atoms. The van der Waals surface area contributed by atoms with Crippen LogP contribution in [0.2, 0.25) is 5.02 Å². The van der Waals surface area contributed by atoms with Crippen molar-refractivity contribution in [3.8, 4) is 0 Å². The second-order valence-corrected chi connectivity index (χ2v) is 6.98. The van der Waals surface area contributed by atoms with Crippen LogP contribution >= 0.6 is 11.6 Å². The fourth-order valence-corrected chi connectivity index (χ4v) is 2.78. The lowest BCUT2D eigenvalue weighted by molar-refractivity contribution is 0.0954. The topological polar surface area (TPSA) is 70.6 Å². The average Bonchev–Trinajstić information content (AvgIpc) is 2.73. The van der Waals surface area contributed by atoms with Gasteiger partial charge in [-0.25, -0.2) is 5.43 Å². The van der Waals surface area contributed by atoms with Crippen molar-refractivity contribution in [2.24, 2.45) is 5.10 Å². The molecule has 0 bridgehead atoms. The van der Waals surface area contributed by atoms with E-state index in [1.54, 1.807) is 49.4 Å². The van der Waals surface area contributed by atoms with E-state index < -0.39 is 0 Å². The molecule has 0 aromatic heterocycles. The van der Waals surface area contributed by atoms with Crippen molar-refractivity contribution in [2.45, 2.75) is 13.8 Å². The van der Waals surface area contributed by atoms with Gasteiger partial charge in [-0.05, 0) is 67.9 Å². The summed E-state index contributed by atoms with van der Waals surface area (Å²) in [6.07, 6.45) is 0. The van der Waals surface area contributed by atoms with Gasteiger partial charge >= 0.3 is 0 Å². The average molecular weight is 406 g/mol. The maximum Gasteiger partial charge on any atom is 0.271 e. The van der Waals surface area contributed by atoms with Crippen LogP contribution in [-0.2, 0) is 0 Å². The van der Waals surface area contributed by atoms with Crippen LogP contribution in [0.3, 0.4) is 0 Å². The molecule has 0 aliphatic heterocycles. The third-order valence-corrected chi connectivity index (χ3v) is 4.52. The summed E-state index contributed by atoms with van der Waals surface area (Å²) >= 11 is 5.87. The molecule has 0 aliphatic rings. The summed E-state index contributed by atoms with van der Waals surface area (Å²) < 4.78 is 0. The third kappa shape index (κ3) is 5.53. The number of hydrazone groups is 1. The Bertz CT molecular complexity index is 1060. The summed E-state index contributed by atoms with van der Waals surface area (Å²) in [7, 11) is 0. The SMILES string of the molecule is C/C(=N\NC(=O)c1ccc(NC(=O)c2cccc(C)c2)cc1)c1ccc(Cl)cc1. The number of carbonyl (C=O) groups excluding carboxylic acids is 2. The zero-order valence-corrected chi connectivity index (χ0v) is 16.8. The molecule has 0 saturated carbocycles. The molecule has 146 valence electrons. The summed E-state index contributed by atoms with van der Waals surface area (Å²) in [4.78, 5) is 24.6. The summed E-state index contributed by atoms with van der Waals surface area (Å²) in [6, 6.07) is 21.2. The number of rotatable bonds is 5. The molecule has 0 unspecified atom stereocenters. The molecule has 0 saturated heterocycles. The van der Waals surface area contributed by atoms with Crippen molar-refractivity contribution in [2.75, 3.05) is 5.32 Å². The highest BCUT2D eigenvalue weighted by Crippen LogP contribution is 2.13. The number of carbonyl (C=O) groups is 2. The number of hydrogen-bond acceptors (Lipinski definition) is 3. The molecule has 3 aromatic carbocycles. The lowest BCUT2D eigenvalue weighted by Gasteiger charge is -2.07. The summed E-state index contributed by atoms with van der Waals surface area (Å²) in [5.74, 6) is -0.538. The number of benzene rings is 3. The van der Waals surface area contributed by atoms with Gasteiger partial charge < -0.3 is 5.32 Å². The Hall–Kier alpha value is -3.44. The Balaban J connectivity index is 1.62. The monoisotopic (exact) mass is 405 g/mol. The van der Waals surface area contributed by atoms with E-state index in [0.29, 0.717) is 27.5 Å². The standard InChI is InChI=1S/C23H20ClN3O2/c1-15-4-3-5-19(14-15)22(28)25-21-12-8-18(9-13-21)23(29)27-26-16(2)17-6-10-20(24)11-7-17/h3-14H,1-2H3,(H,25,28)(H,27,29)/b26-16+. The van der Waals surface area contributed by atoms with Gasteiger partial charge in [0.05, 0.1) is 5.71 Å². The van der Waals surface area contributed by atoms with Crippen molar-refractivity contribution >= 4 is 34.8 Å². The van der Waals surface area contributed by atoms with Gasteiger partial charge in [-0.15, -0.1) is 0 Å². The third-order valence-electron chi connectivity index (χ3n) is 4.27. The molecular formula is C23H20ClN3O2. The van der Waals surface area contributed by atoms with Crippen molar-refractivity contribution in [1.29, 1.82) is 0 Å². The van der Waals surface area contributed by atoms with Crippen LogP contribution in [0.15, 0.2) is 77.9 Å². The quantitative estimate of drug-likeness (QED) is 0.460. The normalized spacial score (nSPS) is 11.1. The number of nitrogens with zero attached hydrogens (tertiary/aromatic N) is 1. The van der Waals surface area contributed by atoms with Crippen LogP contribution in [0.1, 0.15) is 38.8 Å². The number of aryl methyl sites for hydroxylation is 1. The number of halogens is 1. The second-order valence-electron chi connectivity index (χ2n) is 6.55. The first-order valence-electron chi connectivity index (χ1n) is 9.01. The van der Waals surface area contributed by atoms with Gasteiger partial charge in [0, 0.05) is 21.8 Å². The molecule has 3 aromatic rings. The molecule has 5 nitrogen and oxygen atoms in total. The van der Waals surface area contributed by atoms with Gasteiger partial charge in [0.2, 0.25) is 0 Å². The number of hydrogen-bond donors (Lipinski definition) is 2. The molecule has 0 fully saturated rings. The fourth-order valence-electron chi connectivity index (χ4n) is 2.65. The van der Waals surface area contributed by atoms with E-state index in [0.717, 1.165) is 11.1 Å². The van der Waals surface area contributed by atoms with E-state index in [1.807, 2.05) is 37.3 Å². The highest BCUT2D eigenvalue weighted by Gasteiger charge is 2.08. The molecule has 0 heterocycles. The Morgan fingerprint density at radius 2 is 1.48 bits per heavy atom. The van der Waals surface area contributed by atoms with Gasteiger partial charge in [0.1, 0.15) is 0 Å². The van der Waals surface area contributed by atoms with Gasteiger partial charge in [-0.2, -0.15) is 5.10 Å². The van der Waals surface area contributed by atoms with Gasteiger partial charge in [-0.3, -0.25) is 9.59 Å². The van der Waals surface area contributed by atoms with Gasteiger partial charge in [-0.1, -0.05) is 41.4 Å². The van der Waals surface area contributed by atoms with Crippen LogP contribution in [-0.4, -0.2) is 17.5 Å². The van der Waals surface area contributed by atoms with E-state index in [9.17, 15) is 9.59 Å². The number of amides is 2. The molecule has 3 rings (SSSR count). The zero-order valence-electron chi connectivity index (χ0n) is 16.1. The second kappa shape index (κ2) is 9.17. The Kier molecular flexibility index (Phi) is 6.42. The predicted molar refractivity (Wildman–Crippen MR) is 117 cm³/mol. The minimum absolute atomic E-state index is 0.200. The van der Waals surface area contributed by atoms with E-state index >= 15 is 0 Å². The molecule has 29 heavy (non-hydrogen) atoms. The van der Waals surface area contributed by atoms with Gasteiger partial charge in [0.15, 0.2) is 0 Å². The number of anilines is 1. The van der Waals surface area contributed by atoms with Crippen molar-refractivity contribution in [1.82, 2.24) is 5.43 Å². The maximum atomic E-state index is 12.3. The van der Waals surface area contributed by atoms with Crippen LogP contribution in [0.4, 0.5) is 5.69 Å². The first kappa shape index (κ1) is 20.3. The summed E-state index contributed by atoms with van der Waals surface area (Å²) in [5, 5.41) is 7.58. The Morgan fingerprint density at radius 3 is 2.14 bits per heavy atom. The first-order chi connectivity index (χ1) is 13.9.